The quantitative estimate of drug-likeness (QED) is 0.532. The van der Waals surface area contributed by atoms with Crippen LogP contribution in [0.5, 0.6) is 0 Å². The Kier molecular flexibility index (Phi) is 5.93. The highest BCUT2D eigenvalue weighted by Crippen LogP contribution is 2.23. The minimum absolute atomic E-state index is 0.190. The van der Waals surface area contributed by atoms with Crippen molar-refractivity contribution in [1.29, 1.82) is 0 Å². The normalized spacial score (nSPS) is 16.0. The van der Waals surface area contributed by atoms with E-state index in [1.165, 1.54) is 10.6 Å². The Labute approximate surface area is 164 Å². The lowest BCUT2D eigenvalue weighted by Gasteiger charge is -2.29. The van der Waals surface area contributed by atoms with Crippen molar-refractivity contribution in [2.24, 2.45) is 5.92 Å². The van der Waals surface area contributed by atoms with Gasteiger partial charge in [-0.1, -0.05) is 36.4 Å². The van der Waals surface area contributed by atoms with E-state index in [0.29, 0.717) is 25.9 Å². The lowest BCUT2D eigenvalue weighted by atomic mass is 9.98. The third-order valence-corrected chi connectivity index (χ3v) is 6.14. The molecule has 7 nitrogen and oxygen atoms in total. The van der Waals surface area contributed by atoms with Crippen LogP contribution in [0.15, 0.2) is 42.5 Å². The van der Waals surface area contributed by atoms with Crippen molar-refractivity contribution in [2.45, 2.75) is 12.8 Å². The number of carbonyl (C=O) groups is 1. The maximum atomic E-state index is 12.3. The zero-order chi connectivity index (χ0) is 19.4. The summed E-state index contributed by atoms with van der Waals surface area (Å²) in [6.45, 7) is 0.714. The number of carbonyl (C=O) groups excluding carboxylic acids is 1. The molecule has 0 aliphatic carbocycles. The molecule has 1 saturated heterocycles. The summed E-state index contributed by atoms with van der Waals surface area (Å²) in [5, 5.41) is 5.49. The summed E-state index contributed by atoms with van der Waals surface area (Å²) in [5.41, 5.74) is 6.19. The topological polar surface area (TPSA) is 90.5 Å². The summed E-state index contributed by atoms with van der Waals surface area (Å²) in [6.07, 6.45) is 2.17. The molecule has 0 aromatic heterocycles. The van der Waals surface area contributed by atoms with Crippen molar-refractivity contribution in [3.05, 3.63) is 42.5 Å². The van der Waals surface area contributed by atoms with E-state index >= 15 is 0 Å². The van der Waals surface area contributed by atoms with Crippen LogP contribution in [0.3, 0.4) is 0 Å². The number of rotatable bonds is 3. The van der Waals surface area contributed by atoms with E-state index < -0.39 is 10.0 Å². The third-order valence-electron chi connectivity index (χ3n) is 4.63. The number of hydrazine groups is 1. The maximum Gasteiger partial charge on any atom is 0.241 e. The van der Waals surface area contributed by atoms with E-state index in [1.54, 1.807) is 0 Å². The Balaban J connectivity index is 1.51. The smallest absolute Gasteiger partial charge is 0.241 e. The molecular weight excluding hydrogens is 384 g/mol. The molecule has 0 spiro atoms. The lowest BCUT2D eigenvalue weighted by molar-refractivity contribution is -0.126. The largest absolute Gasteiger partial charge is 0.331 e. The summed E-state index contributed by atoms with van der Waals surface area (Å²) in [6, 6.07) is 13.8. The summed E-state index contributed by atoms with van der Waals surface area (Å²) in [5.74, 6) is -0.430. The van der Waals surface area contributed by atoms with Crippen LogP contribution in [0.1, 0.15) is 12.8 Å². The van der Waals surface area contributed by atoms with Gasteiger partial charge in [0, 0.05) is 30.1 Å². The first kappa shape index (κ1) is 19.5. The predicted molar refractivity (Wildman–Crippen MR) is 111 cm³/mol. The molecule has 0 bridgehead atoms. The first-order valence-corrected chi connectivity index (χ1v) is 10.9. The van der Waals surface area contributed by atoms with E-state index in [1.807, 2.05) is 42.5 Å². The number of piperidine rings is 1. The van der Waals surface area contributed by atoms with Crippen molar-refractivity contribution >= 4 is 49.7 Å². The zero-order valence-corrected chi connectivity index (χ0v) is 16.6. The van der Waals surface area contributed by atoms with Crippen molar-refractivity contribution < 1.29 is 13.2 Å². The summed E-state index contributed by atoms with van der Waals surface area (Å²) < 4.78 is 24.5. The summed E-state index contributed by atoms with van der Waals surface area (Å²) >= 11 is 5.26. The molecule has 2 aromatic rings. The van der Waals surface area contributed by atoms with Crippen molar-refractivity contribution in [2.75, 3.05) is 24.7 Å². The second-order valence-electron chi connectivity index (χ2n) is 6.53. The molecule has 1 aliphatic rings. The van der Waals surface area contributed by atoms with Crippen LogP contribution >= 0.6 is 12.2 Å². The average molecular weight is 407 g/mol. The van der Waals surface area contributed by atoms with Gasteiger partial charge in [-0.2, -0.15) is 0 Å². The summed E-state index contributed by atoms with van der Waals surface area (Å²) in [7, 11) is -3.20. The van der Waals surface area contributed by atoms with Crippen molar-refractivity contribution in [3.8, 4) is 0 Å². The SMILES string of the molecule is CS(=O)(=O)N1CCC(C(=O)NNC(=S)Nc2cccc3ccccc23)CC1. The Hall–Kier alpha value is -2.23. The molecule has 0 unspecified atom stereocenters. The molecule has 3 N–H and O–H groups in total. The number of hydrogen-bond acceptors (Lipinski definition) is 4. The van der Waals surface area contributed by atoms with E-state index in [2.05, 4.69) is 16.2 Å². The second kappa shape index (κ2) is 8.20. The van der Waals surface area contributed by atoms with E-state index in [9.17, 15) is 13.2 Å². The Bertz CT molecular complexity index is 949. The molecule has 1 amide bonds. The molecule has 27 heavy (non-hydrogen) atoms. The van der Waals surface area contributed by atoms with Gasteiger partial charge in [0.05, 0.1) is 6.26 Å². The number of amides is 1. The van der Waals surface area contributed by atoms with Gasteiger partial charge in [0.2, 0.25) is 15.9 Å². The standard InChI is InChI=1S/C18H22N4O3S2/c1-27(24,25)22-11-9-14(10-12-22)17(23)20-21-18(26)19-16-8-4-6-13-5-2-3-7-15(13)16/h2-8,14H,9-12H2,1H3,(H,20,23)(H2,19,21,26). The molecule has 1 heterocycles. The van der Waals surface area contributed by atoms with Gasteiger partial charge < -0.3 is 5.32 Å². The van der Waals surface area contributed by atoms with Gasteiger partial charge in [0.15, 0.2) is 5.11 Å². The average Bonchev–Trinajstić information content (AvgIpc) is 2.66. The van der Waals surface area contributed by atoms with Crippen molar-refractivity contribution in [3.63, 3.8) is 0 Å². The molecule has 3 rings (SSSR count). The molecule has 0 atom stereocenters. The lowest BCUT2D eigenvalue weighted by Crippen LogP contribution is -2.49. The number of nitrogens with zero attached hydrogens (tertiary/aromatic N) is 1. The van der Waals surface area contributed by atoms with Crippen molar-refractivity contribution in [1.82, 2.24) is 15.2 Å². The number of nitrogens with one attached hydrogen (secondary N) is 3. The highest BCUT2D eigenvalue weighted by molar-refractivity contribution is 7.88. The van der Waals surface area contributed by atoms with Gasteiger partial charge in [0.25, 0.3) is 0 Å². The fourth-order valence-corrected chi connectivity index (χ4v) is 4.19. The van der Waals surface area contributed by atoms with Crippen LogP contribution in [0.4, 0.5) is 5.69 Å². The monoisotopic (exact) mass is 406 g/mol. The molecule has 9 heteroatoms. The van der Waals surface area contributed by atoms with E-state index in [0.717, 1.165) is 16.5 Å². The molecule has 1 aliphatic heterocycles. The number of fused-ring (bicyclic) bond motifs is 1. The molecule has 144 valence electrons. The number of benzene rings is 2. The zero-order valence-electron chi connectivity index (χ0n) is 14.9. The van der Waals surface area contributed by atoms with E-state index in [4.69, 9.17) is 12.2 Å². The van der Waals surface area contributed by atoms with Crippen LogP contribution in [-0.4, -0.2) is 43.1 Å². The van der Waals surface area contributed by atoms with Gasteiger partial charge in [-0.15, -0.1) is 0 Å². The minimum atomic E-state index is -3.20. The molecular formula is C18H22N4O3S2. The summed E-state index contributed by atoms with van der Waals surface area (Å²) in [4.78, 5) is 12.3. The Morgan fingerprint density at radius 1 is 1.07 bits per heavy atom. The van der Waals surface area contributed by atoms with Gasteiger partial charge in [-0.25, -0.2) is 12.7 Å². The molecule has 2 aromatic carbocycles. The first-order valence-electron chi connectivity index (χ1n) is 8.64. The van der Waals surface area contributed by atoms with Crippen LogP contribution in [-0.2, 0) is 14.8 Å². The van der Waals surface area contributed by atoms with Crippen LogP contribution in [0.25, 0.3) is 10.8 Å². The fraction of sp³-hybridized carbons (Fsp3) is 0.333. The van der Waals surface area contributed by atoms with Gasteiger partial charge in [-0.3, -0.25) is 15.6 Å². The number of hydrogen-bond donors (Lipinski definition) is 3. The maximum absolute atomic E-state index is 12.3. The van der Waals surface area contributed by atoms with E-state index in [-0.39, 0.29) is 16.9 Å². The molecule has 0 radical (unpaired) electrons. The molecule has 0 saturated carbocycles. The highest BCUT2D eigenvalue weighted by Gasteiger charge is 2.28. The van der Waals surface area contributed by atoms with Gasteiger partial charge >= 0.3 is 0 Å². The third kappa shape index (κ3) is 4.94. The Morgan fingerprint density at radius 2 is 1.74 bits per heavy atom. The number of thiocarbonyl (C=S) groups is 1. The second-order valence-corrected chi connectivity index (χ2v) is 8.92. The Morgan fingerprint density at radius 3 is 2.44 bits per heavy atom. The predicted octanol–water partition coefficient (Wildman–Crippen LogP) is 1.83. The van der Waals surface area contributed by atoms with Crippen LogP contribution in [0, 0.1) is 5.92 Å². The number of sulfonamides is 1. The van der Waals surface area contributed by atoms with Crippen LogP contribution in [0.2, 0.25) is 0 Å². The fourth-order valence-electron chi connectivity index (χ4n) is 3.16. The van der Waals surface area contributed by atoms with Gasteiger partial charge in [0.1, 0.15) is 0 Å². The van der Waals surface area contributed by atoms with Gasteiger partial charge in [-0.05, 0) is 36.5 Å². The number of anilines is 1. The first-order chi connectivity index (χ1) is 12.8. The molecule has 1 fully saturated rings. The van der Waals surface area contributed by atoms with Crippen LogP contribution < -0.4 is 16.2 Å². The minimum Gasteiger partial charge on any atom is -0.331 e. The highest BCUT2D eigenvalue weighted by atomic mass is 32.2.